The van der Waals surface area contributed by atoms with Crippen molar-refractivity contribution in [1.82, 2.24) is 25.0 Å². The lowest BCUT2D eigenvalue weighted by Gasteiger charge is -2.20. The summed E-state index contributed by atoms with van der Waals surface area (Å²) in [6.45, 7) is 9.92. The highest BCUT2D eigenvalue weighted by atomic mass is 15.3. The summed E-state index contributed by atoms with van der Waals surface area (Å²) in [7, 11) is 2.01. The number of likely N-dealkylation sites (tertiary alicyclic amines) is 1. The maximum atomic E-state index is 4.16. The fourth-order valence-corrected chi connectivity index (χ4v) is 2.51. The third-order valence-corrected chi connectivity index (χ3v) is 3.73. The van der Waals surface area contributed by atoms with E-state index >= 15 is 0 Å². The van der Waals surface area contributed by atoms with Gasteiger partial charge in [0.1, 0.15) is 11.6 Å². The van der Waals surface area contributed by atoms with E-state index in [2.05, 4.69) is 27.3 Å². The lowest BCUT2D eigenvalue weighted by molar-refractivity contribution is 0.282. The second-order valence-electron chi connectivity index (χ2n) is 5.47. The summed E-state index contributed by atoms with van der Waals surface area (Å²) in [5.41, 5.74) is 0. The van der Waals surface area contributed by atoms with Crippen molar-refractivity contribution in [2.45, 2.75) is 33.2 Å². The number of aromatic nitrogens is 3. The first-order valence-electron chi connectivity index (χ1n) is 6.94. The Morgan fingerprint density at radius 1 is 1.28 bits per heavy atom. The van der Waals surface area contributed by atoms with Crippen molar-refractivity contribution in [3.05, 3.63) is 11.6 Å². The summed E-state index contributed by atoms with van der Waals surface area (Å²) in [5, 5.41) is 11.7. The molecule has 2 heterocycles. The fourth-order valence-electron chi connectivity index (χ4n) is 2.51. The van der Waals surface area contributed by atoms with Crippen LogP contribution >= 0.6 is 0 Å². The van der Waals surface area contributed by atoms with E-state index in [0.717, 1.165) is 24.7 Å². The molecule has 1 saturated heterocycles. The molecule has 2 rings (SSSR count). The summed E-state index contributed by atoms with van der Waals surface area (Å²) in [4.78, 5) is 2.57. The minimum atomic E-state index is 0.692. The molecule has 0 amide bonds. The Morgan fingerprint density at radius 2 is 2.00 bits per heavy atom. The predicted octanol–water partition coefficient (Wildman–Crippen LogP) is 0.945. The minimum Gasteiger partial charge on any atom is -0.317 e. The molecule has 5 heteroatoms. The van der Waals surface area contributed by atoms with Crippen LogP contribution in [-0.2, 0) is 13.6 Å². The highest BCUT2D eigenvalue weighted by Crippen LogP contribution is 2.09. The van der Waals surface area contributed by atoms with Gasteiger partial charge in [-0.1, -0.05) is 6.92 Å². The van der Waals surface area contributed by atoms with Gasteiger partial charge in [0.25, 0.3) is 0 Å². The predicted molar refractivity (Wildman–Crippen MR) is 72.3 cm³/mol. The Hall–Kier alpha value is -0.940. The molecule has 1 atom stereocenters. The summed E-state index contributed by atoms with van der Waals surface area (Å²) in [6.07, 6.45) is 2.75. The van der Waals surface area contributed by atoms with Gasteiger partial charge in [-0.3, -0.25) is 0 Å². The Kier molecular flexibility index (Phi) is 4.72. The molecule has 0 aromatic carbocycles. The van der Waals surface area contributed by atoms with Crippen LogP contribution in [0.2, 0.25) is 0 Å². The number of hydrogen-bond acceptors (Lipinski definition) is 4. The molecule has 1 aliphatic rings. The van der Waals surface area contributed by atoms with Crippen LogP contribution < -0.4 is 5.32 Å². The summed E-state index contributed by atoms with van der Waals surface area (Å²) < 4.78 is 2.04. The lowest BCUT2D eigenvalue weighted by Crippen LogP contribution is -2.31. The molecule has 1 unspecified atom stereocenters. The molecule has 0 radical (unpaired) electrons. The topological polar surface area (TPSA) is 46.0 Å². The Morgan fingerprint density at radius 3 is 2.61 bits per heavy atom. The van der Waals surface area contributed by atoms with Crippen LogP contribution in [0, 0.1) is 12.8 Å². The van der Waals surface area contributed by atoms with Crippen molar-refractivity contribution in [2.75, 3.05) is 26.2 Å². The van der Waals surface area contributed by atoms with Gasteiger partial charge < -0.3 is 14.8 Å². The Bertz CT molecular complexity index is 367. The SMILES string of the molecule is Cc1nnc(CNCC(C)CN2CCCC2)n1C. The van der Waals surface area contributed by atoms with E-state index in [4.69, 9.17) is 0 Å². The molecule has 1 N–H and O–H groups in total. The largest absolute Gasteiger partial charge is 0.317 e. The quantitative estimate of drug-likeness (QED) is 0.817. The minimum absolute atomic E-state index is 0.692. The van der Waals surface area contributed by atoms with Crippen LogP contribution in [0.3, 0.4) is 0 Å². The van der Waals surface area contributed by atoms with E-state index in [1.807, 2.05) is 18.5 Å². The van der Waals surface area contributed by atoms with Gasteiger partial charge in [0.05, 0.1) is 6.54 Å². The van der Waals surface area contributed by atoms with Gasteiger partial charge in [0, 0.05) is 13.6 Å². The smallest absolute Gasteiger partial charge is 0.146 e. The molecule has 0 bridgehead atoms. The van der Waals surface area contributed by atoms with Gasteiger partial charge >= 0.3 is 0 Å². The van der Waals surface area contributed by atoms with Crippen LogP contribution in [-0.4, -0.2) is 45.8 Å². The van der Waals surface area contributed by atoms with Crippen LogP contribution in [0.1, 0.15) is 31.4 Å². The fraction of sp³-hybridized carbons (Fsp3) is 0.846. The van der Waals surface area contributed by atoms with Gasteiger partial charge in [-0.25, -0.2) is 0 Å². The van der Waals surface area contributed by atoms with Gasteiger partial charge in [-0.15, -0.1) is 10.2 Å². The maximum Gasteiger partial charge on any atom is 0.146 e. The van der Waals surface area contributed by atoms with Crippen molar-refractivity contribution < 1.29 is 0 Å². The highest BCUT2D eigenvalue weighted by Gasteiger charge is 2.14. The van der Waals surface area contributed by atoms with Crippen LogP contribution in [0.5, 0.6) is 0 Å². The van der Waals surface area contributed by atoms with Crippen molar-refractivity contribution in [2.24, 2.45) is 13.0 Å². The first-order chi connectivity index (χ1) is 8.66. The average Bonchev–Trinajstić information content (AvgIpc) is 2.94. The highest BCUT2D eigenvalue weighted by molar-refractivity contribution is 4.91. The molecule has 1 aromatic rings. The van der Waals surface area contributed by atoms with E-state index in [1.165, 1.54) is 32.5 Å². The van der Waals surface area contributed by atoms with Crippen LogP contribution in [0.4, 0.5) is 0 Å². The van der Waals surface area contributed by atoms with Crippen LogP contribution in [0.15, 0.2) is 0 Å². The second kappa shape index (κ2) is 6.29. The number of rotatable bonds is 6. The van der Waals surface area contributed by atoms with Crippen molar-refractivity contribution in [3.8, 4) is 0 Å². The first kappa shape index (κ1) is 13.5. The number of nitrogens with one attached hydrogen (secondary N) is 1. The van der Waals surface area contributed by atoms with E-state index in [0.29, 0.717) is 5.92 Å². The van der Waals surface area contributed by atoms with Gasteiger partial charge in [0.15, 0.2) is 0 Å². The van der Waals surface area contributed by atoms with Gasteiger partial charge in [-0.2, -0.15) is 0 Å². The molecular formula is C13H25N5. The zero-order valence-electron chi connectivity index (χ0n) is 11.8. The maximum absolute atomic E-state index is 4.16. The van der Waals surface area contributed by atoms with Crippen molar-refractivity contribution in [1.29, 1.82) is 0 Å². The second-order valence-corrected chi connectivity index (χ2v) is 5.47. The molecule has 1 aliphatic heterocycles. The molecule has 0 spiro atoms. The average molecular weight is 251 g/mol. The molecule has 5 nitrogen and oxygen atoms in total. The lowest BCUT2D eigenvalue weighted by atomic mass is 10.1. The number of nitrogens with zero attached hydrogens (tertiary/aromatic N) is 4. The molecule has 1 fully saturated rings. The molecular weight excluding hydrogens is 226 g/mol. The molecule has 18 heavy (non-hydrogen) atoms. The zero-order chi connectivity index (χ0) is 13.0. The normalized spacial score (nSPS) is 18.4. The standard InChI is InChI=1S/C13H25N5/c1-11(10-18-6-4-5-7-18)8-14-9-13-16-15-12(2)17(13)3/h11,14H,4-10H2,1-3H3. The first-order valence-corrected chi connectivity index (χ1v) is 6.94. The van der Waals surface area contributed by atoms with E-state index < -0.39 is 0 Å². The third kappa shape index (κ3) is 3.53. The third-order valence-electron chi connectivity index (χ3n) is 3.73. The summed E-state index contributed by atoms with van der Waals surface area (Å²) in [6, 6.07) is 0. The molecule has 1 aromatic heterocycles. The summed E-state index contributed by atoms with van der Waals surface area (Å²) in [5.74, 6) is 2.68. The van der Waals surface area contributed by atoms with Crippen molar-refractivity contribution in [3.63, 3.8) is 0 Å². The van der Waals surface area contributed by atoms with Crippen LogP contribution in [0.25, 0.3) is 0 Å². The Labute approximate surface area is 110 Å². The monoisotopic (exact) mass is 251 g/mol. The molecule has 0 aliphatic carbocycles. The number of hydrogen-bond donors (Lipinski definition) is 1. The summed E-state index contributed by atoms with van der Waals surface area (Å²) >= 11 is 0. The van der Waals surface area contributed by atoms with E-state index in [1.54, 1.807) is 0 Å². The van der Waals surface area contributed by atoms with E-state index in [9.17, 15) is 0 Å². The van der Waals surface area contributed by atoms with E-state index in [-0.39, 0.29) is 0 Å². The Balaban J connectivity index is 1.66. The number of aryl methyl sites for hydroxylation is 1. The van der Waals surface area contributed by atoms with Gasteiger partial charge in [0.2, 0.25) is 0 Å². The zero-order valence-corrected chi connectivity index (χ0v) is 11.8. The molecule has 0 saturated carbocycles. The van der Waals surface area contributed by atoms with Gasteiger partial charge in [-0.05, 0) is 45.3 Å². The van der Waals surface area contributed by atoms with Crippen molar-refractivity contribution >= 4 is 0 Å². The molecule has 102 valence electrons.